The molecule has 22 aliphatic heterocycles. The molecule has 0 saturated carbocycles. The Balaban J connectivity index is 1.25. The lowest BCUT2D eigenvalue weighted by Gasteiger charge is -2.50. The van der Waals surface area contributed by atoms with Crippen molar-refractivity contribution in [1.82, 2.24) is 0 Å². The van der Waals surface area contributed by atoms with E-state index in [9.17, 15) is 90.7 Å². The molecular weight excluding hydrogens is 1070 g/mol. The third-order valence-electron chi connectivity index (χ3n) is 13.8. The van der Waals surface area contributed by atoms with Gasteiger partial charge in [-0.2, -0.15) is 0 Å². The van der Waals surface area contributed by atoms with Crippen LogP contribution in [0.15, 0.2) is 0 Å². The van der Waals surface area contributed by atoms with Gasteiger partial charge in [0, 0.05) is 27.7 Å². The molecule has 0 spiro atoms. The van der Waals surface area contributed by atoms with Gasteiger partial charge in [-0.1, -0.05) is 0 Å². The smallest absolute Gasteiger partial charge is 0.302 e. The molecule has 0 radical (unpaired) electrons. The number of ether oxygens (including phenoxy) is 16. The van der Waals surface area contributed by atoms with E-state index in [2.05, 4.69) is 0 Å². The van der Waals surface area contributed by atoms with E-state index in [-0.39, 0.29) is 0 Å². The van der Waals surface area contributed by atoms with E-state index in [1.807, 2.05) is 0 Å². The van der Waals surface area contributed by atoms with Gasteiger partial charge in [0.25, 0.3) is 0 Å². The molecule has 0 amide bonds. The van der Waals surface area contributed by atoms with Crippen molar-refractivity contribution in [3.8, 4) is 0 Å². The molecule has 34 nitrogen and oxygen atoms in total. The number of hydrogen-bond donors (Lipinski definition) is 14. The zero-order chi connectivity index (χ0) is 57.2. The molecule has 22 aliphatic rings. The Hall–Kier alpha value is -3.16. The van der Waals surface area contributed by atoms with Crippen LogP contribution in [0, 0.1) is 0 Å². The number of rotatable bonds is 10. The summed E-state index contributed by atoms with van der Waals surface area (Å²) in [7, 11) is 0. The van der Waals surface area contributed by atoms with Gasteiger partial charge < -0.3 is 147 Å². The zero-order valence-corrected chi connectivity index (χ0v) is 42.0. The monoisotopic (exact) mass is 1140 g/mol. The van der Waals surface area contributed by atoms with Crippen LogP contribution < -0.4 is 0 Å². The van der Waals surface area contributed by atoms with E-state index in [4.69, 9.17) is 75.8 Å². The van der Waals surface area contributed by atoms with Crippen LogP contribution in [0.2, 0.25) is 0 Å². The van der Waals surface area contributed by atoms with Crippen LogP contribution in [0.5, 0.6) is 0 Å². The quantitative estimate of drug-likeness (QED) is 0.0713. The highest BCUT2D eigenvalue weighted by Gasteiger charge is 2.59. The predicted octanol–water partition coefficient (Wildman–Crippen LogP) is -10.8. The van der Waals surface area contributed by atoms with Crippen molar-refractivity contribution in [2.24, 2.45) is 0 Å². The molecule has 22 heterocycles. The number of carbonyl (C=O) groups excluding carboxylic acids is 4. The highest BCUT2D eigenvalue weighted by Crippen LogP contribution is 2.38. The van der Waals surface area contributed by atoms with E-state index >= 15 is 0 Å². The fourth-order valence-electron chi connectivity index (χ4n) is 9.67. The van der Waals surface area contributed by atoms with Crippen molar-refractivity contribution in [1.29, 1.82) is 0 Å². The van der Waals surface area contributed by atoms with Gasteiger partial charge in [-0.15, -0.1) is 0 Å². The average Bonchev–Trinajstić information content (AvgIpc) is 3.59. The maximum atomic E-state index is 12.0. The van der Waals surface area contributed by atoms with Crippen LogP contribution in [0.1, 0.15) is 27.7 Å². The highest BCUT2D eigenvalue weighted by atomic mass is 16.8. The standard InChI is InChI=1S/C44H68O34/c1-11(47)63-7-17-35-25(55)31(61)43(71-17)77-37-19(9-65-13(3)49)69-41(29(59)23(37)53)74-34-16(6-46)68-40(28(58)22(34)52)76-36-18(8-64-12(2)48)72-44(32(62)26(36)56)78-38-20(10-66-14(4)50)70-42(30(60)24(38)54)73-33-15(5-45)67-39(75-35)27(57)21(33)51/h15-46,51-62H,5-10H2,1-4H3/t15-,16-,17-,18-,19-,20-,21-,22-,23-,24-,25-,26-,27-,28-,29-,30-,31-,32-,33-,34-,35-,36-,37-,38-,39?,40?,41?,42?,43?,44?/m1/s1. The lowest BCUT2D eigenvalue weighted by atomic mass is 9.94. The van der Waals surface area contributed by atoms with Crippen molar-refractivity contribution >= 4 is 23.9 Å². The molecule has 78 heavy (non-hydrogen) atoms. The number of aliphatic hydroxyl groups excluding tert-OH is 14. The van der Waals surface area contributed by atoms with Crippen LogP contribution >= 0.6 is 0 Å². The minimum Gasteiger partial charge on any atom is -0.463 e. The molecule has 34 heteroatoms. The second-order valence-corrected chi connectivity index (χ2v) is 19.3. The summed E-state index contributed by atoms with van der Waals surface area (Å²) in [5.74, 6) is -3.63. The zero-order valence-electron chi connectivity index (χ0n) is 42.0. The molecular formula is C44H68O34. The average molecular weight is 1140 g/mol. The van der Waals surface area contributed by atoms with Gasteiger partial charge in [-0.25, -0.2) is 0 Å². The first-order chi connectivity index (χ1) is 36.8. The second-order valence-electron chi connectivity index (χ2n) is 19.3. The lowest BCUT2D eigenvalue weighted by Crippen LogP contribution is -2.69. The Morgan fingerprint density at radius 2 is 0.423 bits per heavy atom. The highest BCUT2D eigenvalue weighted by molar-refractivity contribution is 5.66. The van der Waals surface area contributed by atoms with Crippen LogP contribution in [-0.4, -0.2) is 319 Å². The molecule has 6 unspecified atom stereocenters. The Kier molecular flexibility index (Phi) is 21.5. The lowest BCUT2D eigenvalue weighted by molar-refractivity contribution is -0.404. The van der Waals surface area contributed by atoms with Gasteiger partial charge in [-0.05, 0) is 0 Å². The molecule has 0 aromatic heterocycles. The molecule has 0 aliphatic carbocycles. The summed E-state index contributed by atoms with van der Waals surface area (Å²) in [5.41, 5.74) is 0. The third-order valence-corrected chi connectivity index (χ3v) is 13.8. The summed E-state index contributed by atoms with van der Waals surface area (Å²) in [6, 6.07) is 0. The number of esters is 4. The van der Waals surface area contributed by atoms with Crippen LogP contribution in [-0.2, 0) is 95.0 Å². The van der Waals surface area contributed by atoms with E-state index in [0.717, 1.165) is 27.7 Å². The van der Waals surface area contributed by atoms with Crippen LogP contribution in [0.25, 0.3) is 0 Å². The molecule has 22 fully saturated rings. The molecule has 12 bridgehead atoms. The van der Waals surface area contributed by atoms with Gasteiger partial charge in [0.05, 0.1) is 13.2 Å². The molecule has 22 saturated heterocycles. The van der Waals surface area contributed by atoms with Crippen molar-refractivity contribution in [3.63, 3.8) is 0 Å². The summed E-state index contributed by atoms with van der Waals surface area (Å²) in [6.07, 6.45) is -61.0. The minimum absolute atomic E-state index is 0.806. The van der Waals surface area contributed by atoms with E-state index in [1.165, 1.54) is 0 Å². The Bertz CT molecular complexity index is 1820. The van der Waals surface area contributed by atoms with E-state index < -0.39 is 248 Å². The number of aliphatic hydroxyl groups is 14. The van der Waals surface area contributed by atoms with Gasteiger partial charge >= 0.3 is 23.9 Å². The summed E-state index contributed by atoms with van der Waals surface area (Å²) in [6.45, 7) is -1.39. The predicted molar refractivity (Wildman–Crippen MR) is 234 cm³/mol. The Labute approximate surface area is 441 Å². The topological polar surface area (TPSA) is 499 Å². The molecule has 14 N–H and O–H groups in total. The SMILES string of the molecule is CC(=O)OC[C@H]1OC2O[C@H]3[C@H](O)[C@@H](O)C(O[C@H]4[C@H](O)[C@@H](O)C(O[C@H]5[C@H](O)[C@@H](O)C(O[C@H]6[C@H](O)[C@@H](O)C(O[C@H]7[C@H](O)[C@@H](O)C(O[C@H]1[C@H](O)[C@H]2O)O[C@@H]7CO)O[C@@H]6COC(C)=O)O[C@@H]5COC(C)=O)O[C@@H]4CO)O[C@@H]3COC(C)=O. The van der Waals surface area contributed by atoms with Crippen LogP contribution in [0.3, 0.4) is 0 Å². The van der Waals surface area contributed by atoms with E-state index in [1.54, 1.807) is 0 Å². The van der Waals surface area contributed by atoms with Gasteiger partial charge in [0.15, 0.2) is 37.7 Å². The van der Waals surface area contributed by atoms with Gasteiger partial charge in [0.2, 0.25) is 0 Å². The molecule has 448 valence electrons. The Morgan fingerprint density at radius 3 is 0.577 bits per heavy atom. The second kappa shape index (κ2) is 26.8. The normalized spacial score (nSPS) is 48.3. The maximum Gasteiger partial charge on any atom is 0.302 e. The van der Waals surface area contributed by atoms with Crippen molar-refractivity contribution in [3.05, 3.63) is 0 Å². The largest absolute Gasteiger partial charge is 0.463 e. The molecule has 30 atom stereocenters. The van der Waals surface area contributed by atoms with Crippen LogP contribution in [0.4, 0.5) is 0 Å². The van der Waals surface area contributed by atoms with E-state index in [0.29, 0.717) is 0 Å². The summed E-state index contributed by atoms with van der Waals surface area (Å²) in [4.78, 5) is 48.2. The summed E-state index contributed by atoms with van der Waals surface area (Å²) < 4.78 is 90.5. The first-order valence-electron chi connectivity index (χ1n) is 24.6. The first kappa shape index (κ1) is 62.4. The summed E-state index contributed by atoms with van der Waals surface area (Å²) in [5, 5.41) is 159. The fraction of sp³-hybridized carbons (Fsp3) is 0.909. The Morgan fingerprint density at radius 1 is 0.269 bits per heavy atom. The first-order valence-corrected chi connectivity index (χ1v) is 24.6. The van der Waals surface area contributed by atoms with Gasteiger partial charge in [-0.3, -0.25) is 19.2 Å². The number of hydrogen-bond acceptors (Lipinski definition) is 34. The molecule has 22 rings (SSSR count). The van der Waals surface area contributed by atoms with Crippen molar-refractivity contribution in [2.45, 2.75) is 212 Å². The summed E-state index contributed by atoms with van der Waals surface area (Å²) >= 11 is 0. The third kappa shape index (κ3) is 13.8. The minimum atomic E-state index is -2.24. The molecule has 0 aromatic rings. The van der Waals surface area contributed by atoms with Crippen molar-refractivity contribution < 1.29 is 166 Å². The fourth-order valence-corrected chi connectivity index (χ4v) is 9.67. The number of carbonyl (C=O) groups is 4. The van der Waals surface area contributed by atoms with Crippen molar-refractivity contribution in [2.75, 3.05) is 39.6 Å². The molecule has 0 aromatic carbocycles. The maximum absolute atomic E-state index is 12.0. The van der Waals surface area contributed by atoms with Gasteiger partial charge in [0.1, 0.15) is 173 Å².